The first-order valence-corrected chi connectivity index (χ1v) is 8.12. The van der Waals surface area contributed by atoms with Crippen LogP contribution in [-0.2, 0) is 6.54 Å². The van der Waals surface area contributed by atoms with E-state index >= 15 is 0 Å². The van der Waals surface area contributed by atoms with E-state index in [1.165, 1.54) is 0 Å². The third-order valence-electron chi connectivity index (χ3n) is 4.51. The highest BCUT2D eigenvalue weighted by molar-refractivity contribution is 5.94. The van der Waals surface area contributed by atoms with Gasteiger partial charge in [-0.25, -0.2) is 0 Å². The quantitative estimate of drug-likeness (QED) is 0.939. The fraction of sp³-hybridized carbons (Fsp3) is 0.444. The molecule has 122 valence electrons. The Morgan fingerprint density at radius 3 is 2.87 bits per heavy atom. The summed E-state index contributed by atoms with van der Waals surface area (Å²) in [6, 6.07) is 10.2. The number of rotatable bonds is 4. The molecule has 0 radical (unpaired) electrons. The summed E-state index contributed by atoms with van der Waals surface area (Å²) in [6.07, 6.45) is 1.02. The summed E-state index contributed by atoms with van der Waals surface area (Å²) in [4.78, 5) is 14.5. The van der Waals surface area contributed by atoms with E-state index in [0.29, 0.717) is 12.6 Å². The number of hydrogen-bond donors (Lipinski definition) is 1. The van der Waals surface area contributed by atoms with Gasteiger partial charge in [-0.1, -0.05) is 12.1 Å². The summed E-state index contributed by atoms with van der Waals surface area (Å²) in [6.45, 7) is 6.60. The van der Waals surface area contributed by atoms with Gasteiger partial charge in [-0.3, -0.25) is 9.48 Å². The Morgan fingerprint density at radius 2 is 2.22 bits per heavy atom. The molecule has 1 amide bonds. The lowest BCUT2D eigenvalue weighted by Gasteiger charge is -2.24. The summed E-state index contributed by atoms with van der Waals surface area (Å²) in [7, 11) is 1.90. The van der Waals surface area contributed by atoms with Crippen molar-refractivity contribution in [3.63, 3.8) is 0 Å². The largest absolute Gasteiger partial charge is 0.337 e. The molecule has 1 atom stereocenters. The molecule has 1 aliphatic rings. The molecule has 0 bridgehead atoms. The SMILES string of the molecule is Cc1cc(C)n(Cc2cccc(C(=O)N(C)[C@@H]3CCNC3)c2)n1. The van der Waals surface area contributed by atoms with E-state index in [4.69, 9.17) is 0 Å². The summed E-state index contributed by atoms with van der Waals surface area (Å²) in [5.41, 5.74) is 4.00. The van der Waals surface area contributed by atoms with Crippen molar-refractivity contribution in [2.45, 2.75) is 32.9 Å². The van der Waals surface area contributed by atoms with Gasteiger partial charge < -0.3 is 10.2 Å². The minimum Gasteiger partial charge on any atom is -0.337 e. The highest BCUT2D eigenvalue weighted by Gasteiger charge is 2.24. The molecule has 5 heteroatoms. The van der Waals surface area contributed by atoms with Crippen LogP contribution in [0, 0.1) is 13.8 Å². The van der Waals surface area contributed by atoms with Crippen molar-refractivity contribution >= 4 is 5.91 Å². The second-order valence-electron chi connectivity index (χ2n) is 6.35. The van der Waals surface area contributed by atoms with E-state index in [9.17, 15) is 4.79 Å². The first-order chi connectivity index (χ1) is 11.0. The molecular formula is C18H24N4O. The van der Waals surface area contributed by atoms with Crippen molar-refractivity contribution in [3.8, 4) is 0 Å². The fourth-order valence-corrected chi connectivity index (χ4v) is 3.15. The molecule has 1 aromatic carbocycles. The number of nitrogens with zero attached hydrogens (tertiary/aromatic N) is 3. The molecule has 2 aromatic rings. The van der Waals surface area contributed by atoms with Gasteiger partial charge >= 0.3 is 0 Å². The van der Waals surface area contributed by atoms with Crippen LogP contribution in [0.4, 0.5) is 0 Å². The number of carbonyl (C=O) groups excluding carboxylic acids is 1. The van der Waals surface area contributed by atoms with Crippen LogP contribution in [0.15, 0.2) is 30.3 Å². The van der Waals surface area contributed by atoms with Crippen molar-refractivity contribution < 1.29 is 4.79 Å². The summed E-state index contributed by atoms with van der Waals surface area (Å²) in [5.74, 6) is 0.0916. The molecule has 0 spiro atoms. The predicted octanol–water partition coefficient (Wildman–Crippen LogP) is 1.98. The van der Waals surface area contributed by atoms with Crippen LogP contribution in [0.3, 0.4) is 0 Å². The second kappa shape index (κ2) is 6.54. The topological polar surface area (TPSA) is 50.2 Å². The minimum atomic E-state index is 0.0916. The molecule has 0 saturated carbocycles. The van der Waals surface area contributed by atoms with Crippen molar-refractivity contribution in [1.82, 2.24) is 20.0 Å². The monoisotopic (exact) mass is 312 g/mol. The molecule has 1 aliphatic heterocycles. The Morgan fingerprint density at radius 1 is 1.39 bits per heavy atom. The van der Waals surface area contributed by atoms with Crippen LogP contribution in [-0.4, -0.2) is 46.8 Å². The van der Waals surface area contributed by atoms with Crippen LogP contribution in [0.5, 0.6) is 0 Å². The molecular weight excluding hydrogens is 288 g/mol. The number of aryl methyl sites for hydroxylation is 2. The van der Waals surface area contributed by atoms with E-state index < -0.39 is 0 Å². The Labute approximate surface area is 137 Å². The lowest BCUT2D eigenvalue weighted by atomic mass is 10.1. The van der Waals surface area contributed by atoms with Gasteiger partial charge in [0, 0.05) is 30.9 Å². The lowest BCUT2D eigenvalue weighted by Crippen LogP contribution is -2.38. The Hall–Kier alpha value is -2.14. The van der Waals surface area contributed by atoms with Gasteiger partial charge in [-0.2, -0.15) is 5.10 Å². The van der Waals surface area contributed by atoms with Gasteiger partial charge in [0.1, 0.15) is 0 Å². The van der Waals surface area contributed by atoms with Crippen LogP contribution >= 0.6 is 0 Å². The van der Waals surface area contributed by atoms with E-state index in [1.807, 2.05) is 47.8 Å². The van der Waals surface area contributed by atoms with Crippen molar-refractivity contribution in [1.29, 1.82) is 0 Å². The zero-order valence-electron chi connectivity index (χ0n) is 14.0. The van der Waals surface area contributed by atoms with E-state index in [2.05, 4.69) is 23.4 Å². The number of hydrogen-bond acceptors (Lipinski definition) is 3. The average molecular weight is 312 g/mol. The first-order valence-electron chi connectivity index (χ1n) is 8.12. The smallest absolute Gasteiger partial charge is 0.253 e. The number of likely N-dealkylation sites (N-methyl/N-ethyl adjacent to an activating group) is 1. The zero-order valence-corrected chi connectivity index (χ0v) is 14.0. The van der Waals surface area contributed by atoms with Crippen LogP contribution in [0.1, 0.15) is 33.7 Å². The van der Waals surface area contributed by atoms with Crippen LogP contribution in [0.25, 0.3) is 0 Å². The zero-order chi connectivity index (χ0) is 16.4. The van der Waals surface area contributed by atoms with Crippen molar-refractivity contribution in [3.05, 3.63) is 52.8 Å². The molecule has 23 heavy (non-hydrogen) atoms. The molecule has 2 heterocycles. The van der Waals surface area contributed by atoms with E-state index in [1.54, 1.807) is 0 Å². The standard InChI is InChI=1S/C18H24N4O/c1-13-9-14(2)22(20-13)12-15-5-4-6-16(10-15)18(23)21(3)17-7-8-19-11-17/h4-6,9-10,17,19H,7-8,11-12H2,1-3H3/t17-/m1/s1. The Bertz CT molecular complexity index is 701. The van der Waals surface area contributed by atoms with Gasteiger partial charge in [0.05, 0.1) is 12.2 Å². The highest BCUT2D eigenvalue weighted by Crippen LogP contribution is 2.14. The second-order valence-corrected chi connectivity index (χ2v) is 6.35. The molecule has 1 fully saturated rings. The number of amides is 1. The number of nitrogens with one attached hydrogen (secondary N) is 1. The molecule has 1 aromatic heterocycles. The van der Waals surface area contributed by atoms with E-state index in [-0.39, 0.29) is 5.91 Å². The van der Waals surface area contributed by atoms with Gasteiger partial charge in [-0.05, 0) is 50.6 Å². The molecule has 3 rings (SSSR count). The van der Waals surface area contributed by atoms with Crippen LogP contribution < -0.4 is 5.32 Å². The third-order valence-corrected chi connectivity index (χ3v) is 4.51. The van der Waals surface area contributed by atoms with E-state index in [0.717, 1.165) is 42.0 Å². The third kappa shape index (κ3) is 3.45. The Kier molecular flexibility index (Phi) is 4.48. The Balaban J connectivity index is 1.76. The molecule has 5 nitrogen and oxygen atoms in total. The molecule has 0 unspecified atom stereocenters. The predicted molar refractivity (Wildman–Crippen MR) is 90.6 cm³/mol. The maximum absolute atomic E-state index is 12.7. The first kappa shape index (κ1) is 15.7. The maximum Gasteiger partial charge on any atom is 0.253 e. The fourth-order valence-electron chi connectivity index (χ4n) is 3.15. The van der Waals surface area contributed by atoms with Gasteiger partial charge in [0.2, 0.25) is 0 Å². The van der Waals surface area contributed by atoms with Gasteiger partial charge in [-0.15, -0.1) is 0 Å². The lowest BCUT2D eigenvalue weighted by molar-refractivity contribution is 0.0743. The molecule has 0 aliphatic carbocycles. The van der Waals surface area contributed by atoms with Crippen molar-refractivity contribution in [2.75, 3.05) is 20.1 Å². The normalized spacial score (nSPS) is 17.4. The van der Waals surface area contributed by atoms with Gasteiger partial charge in [0.25, 0.3) is 5.91 Å². The summed E-state index contributed by atoms with van der Waals surface area (Å²) < 4.78 is 1.98. The number of aromatic nitrogens is 2. The van der Waals surface area contributed by atoms with Gasteiger partial charge in [0.15, 0.2) is 0 Å². The number of carbonyl (C=O) groups is 1. The van der Waals surface area contributed by atoms with Crippen molar-refractivity contribution in [2.24, 2.45) is 0 Å². The number of benzene rings is 1. The highest BCUT2D eigenvalue weighted by atomic mass is 16.2. The van der Waals surface area contributed by atoms with Crippen LogP contribution in [0.2, 0.25) is 0 Å². The minimum absolute atomic E-state index is 0.0916. The maximum atomic E-state index is 12.7. The average Bonchev–Trinajstić information content (AvgIpc) is 3.16. The summed E-state index contributed by atoms with van der Waals surface area (Å²) >= 11 is 0. The molecule has 1 saturated heterocycles. The summed E-state index contributed by atoms with van der Waals surface area (Å²) in [5, 5.41) is 7.80. The molecule has 1 N–H and O–H groups in total.